The number of nitrogens with zero attached hydrogens (tertiary/aromatic N) is 2. The van der Waals surface area contributed by atoms with E-state index >= 15 is 0 Å². The molecule has 0 atom stereocenters. The van der Waals surface area contributed by atoms with E-state index in [1.165, 1.54) is 5.56 Å². The van der Waals surface area contributed by atoms with Gasteiger partial charge in [-0.3, -0.25) is 4.90 Å². The number of aryl methyl sites for hydroxylation is 1. The summed E-state index contributed by atoms with van der Waals surface area (Å²) in [6.45, 7) is 5.63. The molecular weight excluding hydrogens is 242 g/mol. The summed E-state index contributed by atoms with van der Waals surface area (Å²) >= 11 is 3.51. The summed E-state index contributed by atoms with van der Waals surface area (Å²) in [5, 5.41) is 3.36. The summed E-state index contributed by atoms with van der Waals surface area (Å²) < 4.78 is 3.26. The lowest BCUT2D eigenvalue weighted by Crippen LogP contribution is -2.42. The number of halogens is 1. The summed E-state index contributed by atoms with van der Waals surface area (Å²) in [5.74, 6) is 0. The van der Waals surface area contributed by atoms with Gasteiger partial charge in [-0.15, -0.1) is 0 Å². The van der Waals surface area contributed by atoms with Crippen LogP contribution in [-0.2, 0) is 13.6 Å². The molecule has 1 aromatic heterocycles. The van der Waals surface area contributed by atoms with Gasteiger partial charge in [-0.05, 0) is 27.6 Å². The molecule has 3 nitrogen and oxygen atoms in total. The van der Waals surface area contributed by atoms with Crippen molar-refractivity contribution in [3.63, 3.8) is 0 Å². The van der Waals surface area contributed by atoms with Gasteiger partial charge in [0.25, 0.3) is 0 Å². The third kappa shape index (κ3) is 2.38. The number of piperazine rings is 1. The molecule has 2 rings (SSSR count). The molecule has 1 fully saturated rings. The van der Waals surface area contributed by atoms with Crippen molar-refractivity contribution in [1.82, 2.24) is 14.8 Å². The minimum absolute atomic E-state index is 1.07. The molecule has 0 amide bonds. The Kier molecular flexibility index (Phi) is 3.26. The highest BCUT2D eigenvalue weighted by Gasteiger charge is 2.10. The van der Waals surface area contributed by atoms with Crippen LogP contribution in [-0.4, -0.2) is 35.6 Å². The number of nitrogens with one attached hydrogen (secondary N) is 1. The van der Waals surface area contributed by atoms with Gasteiger partial charge in [-0.25, -0.2) is 0 Å². The average molecular weight is 258 g/mol. The van der Waals surface area contributed by atoms with Crippen LogP contribution in [0.25, 0.3) is 0 Å². The van der Waals surface area contributed by atoms with Crippen LogP contribution in [0, 0.1) is 0 Å². The van der Waals surface area contributed by atoms with Crippen LogP contribution in [0.2, 0.25) is 0 Å². The first-order chi connectivity index (χ1) is 6.75. The molecule has 0 spiro atoms. The van der Waals surface area contributed by atoms with Gasteiger partial charge < -0.3 is 9.88 Å². The Labute approximate surface area is 93.2 Å². The average Bonchev–Trinajstić information content (AvgIpc) is 2.47. The van der Waals surface area contributed by atoms with Crippen LogP contribution in [0.3, 0.4) is 0 Å². The van der Waals surface area contributed by atoms with Crippen molar-refractivity contribution < 1.29 is 0 Å². The Morgan fingerprint density at radius 2 is 2.14 bits per heavy atom. The zero-order valence-electron chi connectivity index (χ0n) is 8.46. The zero-order valence-corrected chi connectivity index (χ0v) is 10.0. The van der Waals surface area contributed by atoms with Crippen molar-refractivity contribution in [3.8, 4) is 0 Å². The lowest BCUT2D eigenvalue weighted by atomic mass is 10.3. The first-order valence-corrected chi connectivity index (χ1v) is 5.79. The van der Waals surface area contributed by atoms with E-state index in [0.717, 1.165) is 37.3 Å². The topological polar surface area (TPSA) is 20.2 Å². The van der Waals surface area contributed by atoms with Gasteiger partial charge in [0, 0.05) is 46.0 Å². The molecule has 0 bridgehead atoms. The Bertz CT molecular complexity index is 283. The molecule has 1 aliphatic heterocycles. The lowest BCUT2D eigenvalue weighted by Gasteiger charge is -2.26. The van der Waals surface area contributed by atoms with Gasteiger partial charge in [0.2, 0.25) is 0 Å². The van der Waals surface area contributed by atoms with E-state index in [9.17, 15) is 0 Å². The summed E-state index contributed by atoms with van der Waals surface area (Å²) in [6, 6.07) is 2.20. The molecule has 78 valence electrons. The minimum atomic E-state index is 1.07. The molecular formula is C10H16BrN3. The maximum Gasteiger partial charge on any atom is 0.0847 e. The standard InChI is InChI=1S/C10H16BrN3/c1-13-7-9(6-10(13)11)8-14-4-2-12-3-5-14/h6-7,12H,2-5,8H2,1H3. The molecule has 1 N–H and O–H groups in total. The van der Waals surface area contributed by atoms with Crippen molar-refractivity contribution in [3.05, 3.63) is 22.4 Å². The van der Waals surface area contributed by atoms with Crippen molar-refractivity contribution in [2.24, 2.45) is 7.05 Å². The third-order valence-corrected chi connectivity index (χ3v) is 3.41. The fourth-order valence-corrected chi connectivity index (χ4v) is 2.21. The molecule has 0 saturated carbocycles. The predicted octanol–water partition coefficient (Wildman–Crippen LogP) is 1.19. The van der Waals surface area contributed by atoms with Crippen molar-refractivity contribution in [1.29, 1.82) is 0 Å². The van der Waals surface area contributed by atoms with Gasteiger partial charge in [0.15, 0.2) is 0 Å². The second-order valence-electron chi connectivity index (χ2n) is 3.81. The molecule has 0 aliphatic carbocycles. The van der Waals surface area contributed by atoms with Crippen molar-refractivity contribution in [2.45, 2.75) is 6.54 Å². The SMILES string of the molecule is Cn1cc(CN2CCNCC2)cc1Br. The highest BCUT2D eigenvalue weighted by molar-refractivity contribution is 9.10. The monoisotopic (exact) mass is 257 g/mol. The van der Waals surface area contributed by atoms with E-state index in [2.05, 4.69) is 50.0 Å². The van der Waals surface area contributed by atoms with Gasteiger partial charge in [-0.2, -0.15) is 0 Å². The summed E-state index contributed by atoms with van der Waals surface area (Å²) in [7, 11) is 2.06. The van der Waals surface area contributed by atoms with Crippen molar-refractivity contribution >= 4 is 15.9 Å². The minimum Gasteiger partial charge on any atom is -0.345 e. The van der Waals surface area contributed by atoms with E-state index in [0.29, 0.717) is 0 Å². The molecule has 2 heterocycles. The fourth-order valence-electron chi connectivity index (χ4n) is 1.82. The molecule has 1 aromatic rings. The zero-order chi connectivity index (χ0) is 9.97. The summed E-state index contributed by atoms with van der Waals surface area (Å²) in [6.07, 6.45) is 2.19. The molecule has 14 heavy (non-hydrogen) atoms. The smallest absolute Gasteiger partial charge is 0.0847 e. The number of hydrogen-bond donors (Lipinski definition) is 1. The Morgan fingerprint density at radius 1 is 1.43 bits per heavy atom. The van der Waals surface area contributed by atoms with E-state index in [1.807, 2.05) is 0 Å². The van der Waals surface area contributed by atoms with Crippen LogP contribution >= 0.6 is 15.9 Å². The highest BCUT2D eigenvalue weighted by Crippen LogP contribution is 2.15. The Hall–Kier alpha value is -0.320. The van der Waals surface area contributed by atoms with Crippen LogP contribution in [0.1, 0.15) is 5.56 Å². The first-order valence-electron chi connectivity index (χ1n) is 4.99. The second kappa shape index (κ2) is 4.47. The molecule has 0 aromatic carbocycles. The van der Waals surface area contributed by atoms with Crippen LogP contribution in [0.4, 0.5) is 0 Å². The largest absolute Gasteiger partial charge is 0.345 e. The van der Waals surface area contributed by atoms with E-state index in [1.54, 1.807) is 0 Å². The van der Waals surface area contributed by atoms with Crippen LogP contribution < -0.4 is 5.32 Å². The molecule has 1 aliphatic rings. The van der Waals surface area contributed by atoms with Gasteiger partial charge in [-0.1, -0.05) is 0 Å². The molecule has 1 saturated heterocycles. The maximum atomic E-state index is 3.51. The number of hydrogen-bond acceptors (Lipinski definition) is 2. The highest BCUT2D eigenvalue weighted by atomic mass is 79.9. The molecule has 0 radical (unpaired) electrons. The van der Waals surface area contributed by atoms with Gasteiger partial charge in [0.1, 0.15) is 0 Å². The van der Waals surface area contributed by atoms with E-state index in [4.69, 9.17) is 0 Å². The van der Waals surface area contributed by atoms with E-state index < -0.39 is 0 Å². The Morgan fingerprint density at radius 3 is 2.71 bits per heavy atom. The Balaban J connectivity index is 1.95. The van der Waals surface area contributed by atoms with Gasteiger partial charge >= 0.3 is 0 Å². The fraction of sp³-hybridized carbons (Fsp3) is 0.600. The van der Waals surface area contributed by atoms with Crippen LogP contribution in [0.5, 0.6) is 0 Å². The maximum absolute atomic E-state index is 3.51. The summed E-state index contributed by atoms with van der Waals surface area (Å²) in [5.41, 5.74) is 1.39. The second-order valence-corrected chi connectivity index (χ2v) is 4.62. The quantitative estimate of drug-likeness (QED) is 0.860. The number of aromatic nitrogens is 1. The summed E-state index contributed by atoms with van der Waals surface area (Å²) in [4.78, 5) is 2.48. The number of rotatable bonds is 2. The third-order valence-electron chi connectivity index (χ3n) is 2.62. The van der Waals surface area contributed by atoms with Crippen LogP contribution in [0.15, 0.2) is 16.9 Å². The van der Waals surface area contributed by atoms with Crippen molar-refractivity contribution in [2.75, 3.05) is 26.2 Å². The molecule has 0 unspecified atom stereocenters. The first kappa shape index (κ1) is 10.2. The van der Waals surface area contributed by atoms with Gasteiger partial charge in [0.05, 0.1) is 4.60 Å². The predicted molar refractivity (Wildman–Crippen MR) is 61.3 cm³/mol. The normalized spacial score (nSPS) is 18.7. The molecule has 4 heteroatoms. The lowest BCUT2D eigenvalue weighted by molar-refractivity contribution is 0.233. The van der Waals surface area contributed by atoms with E-state index in [-0.39, 0.29) is 0 Å².